The van der Waals surface area contributed by atoms with E-state index >= 15 is 0 Å². The fourth-order valence-electron chi connectivity index (χ4n) is 2.75. The number of nitro groups is 1. The van der Waals surface area contributed by atoms with E-state index in [0.717, 1.165) is 24.1 Å². The Morgan fingerprint density at radius 1 is 1.43 bits per heavy atom. The predicted molar refractivity (Wildman–Crippen MR) is 73.9 cm³/mol. The first kappa shape index (κ1) is 13.3. The van der Waals surface area contributed by atoms with Crippen LogP contribution >= 0.6 is 0 Å². The van der Waals surface area contributed by atoms with Gasteiger partial charge in [-0.2, -0.15) is 5.10 Å². The van der Waals surface area contributed by atoms with Gasteiger partial charge < -0.3 is 5.11 Å². The molecular formula is C14H13N3O4. The van der Waals surface area contributed by atoms with Crippen molar-refractivity contribution in [1.82, 2.24) is 9.78 Å². The van der Waals surface area contributed by atoms with Crippen LogP contribution in [-0.4, -0.2) is 25.8 Å². The summed E-state index contributed by atoms with van der Waals surface area (Å²) in [4.78, 5) is 21.8. The normalized spacial score (nSPS) is 13.2. The number of aryl methyl sites for hydroxylation is 1. The van der Waals surface area contributed by atoms with Gasteiger partial charge >= 0.3 is 5.97 Å². The lowest BCUT2D eigenvalue weighted by molar-refractivity contribution is -0.385. The zero-order chi connectivity index (χ0) is 15.1. The van der Waals surface area contributed by atoms with Crippen molar-refractivity contribution in [3.05, 3.63) is 50.8 Å². The predicted octanol–water partition coefficient (Wildman–Crippen LogP) is 2.28. The van der Waals surface area contributed by atoms with E-state index < -0.39 is 10.9 Å². The number of aromatic nitrogens is 2. The molecule has 2 aromatic rings. The smallest absolute Gasteiger partial charge is 0.356 e. The Morgan fingerprint density at radius 2 is 2.19 bits per heavy atom. The third kappa shape index (κ3) is 2.06. The Balaban J connectivity index is 2.18. The zero-order valence-electron chi connectivity index (χ0n) is 11.4. The molecule has 0 fully saturated rings. The minimum absolute atomic E-state index is 0.00613. The summed E-state index contributed by atoms with van der Waals surface area (Å²) < 4.78 is 1.53. The third-order valence-electron chi connectivity index (χ3n) is 3.77. The zero-order valence-corrected chi connectivity index (χ0v) is 11.4. The van der Waals surface area contributed by atoms with Crippen molar-refractivity contribution < 1.29 is 14.8 Å². The topological polar surface area (TPSA) is 98.3 Å². The number of rotatable bonds is 3. The maximum atomic E-state index is 11.3. The number of carbonyl (C=O) groups is 1. The Hall–Kier alpha value is -2.70. The molecular weight excluding hydrogens is 274 g/mol. The monoisotopic (exact) mass is 287 g/mol. The SMILES string of the molecule is Cc1ccc(-n2nc(C(=O)O)c3c2CCC3)cc1[N+](=O)[O-]. The highest BCUT2D eigenvalue weighted by molar-refractivity contribution is 5.87. The van der Waals surface area contributed by atoms with Crippen LogP contribution in [0.15, 0.2) is 18.2 Å². The fourth-order valence-corrected chi connectivity index (χ4v) is 2.75. The van der Waals surface area contributed by atoms with E-state index in [1.54, 1.807) is 19.1 Å². The highest BCUT2D eigenvalue weighted by atomic mass is 16.6. The van der Waals surface area contributed by atoms with Gasteiger partial charge in [-0.3, -0.25) is 10.1 Å². The number of benzene rings is 1. The van der Waals surface area contributed by atoms with Crippen LogP contribution in [0.2, 0.25) is 0 Å². The van der Waals surface area contributed by atoms with Crippen molar-refractivity contribution in [3.8, 4) is 5.69 Å². The number of carboxylic acid groups (broad SMARTS) is 1. The molecule has 1 aromatic carbocycles. The molecule has 0 spiro atoms. The molecule has 7 heteroatoms. The van der Waals surface area contributed by atoms with Crippen LogP contribution in [0.25, 0.3) is 5.69 Å². The first-order chi connectivity index (χ1) is 9.99. The number of nitrogens with zero attached hydrogens (tertiary/aromatic N) is 3. The van der Waals surface area contributed by atoms with Crippen molar-refractivity contribution in [2.24, 2.45) is 0 Å². The van der Waals surface area contributed by atoms with E-state index in [4.69, 9.17) is 0 Å². The molecule has 0 saturated heterocycles. The molecule has 0 amide bonds. The van der Waals surface area contributed by atoms with Crippen LogP contribution < -0.4 is 0 Å². The van der Waals surface area contributed by atoms with Gasteiger partial charge in [-0.25, -0.2) is 9.48 Å². The first-order valence-electron chi connectivity index (χ1n) is 6.58. The summed E-state index contributed by atoms with van der Waals surface area (Å²) in [5.74, 6) is -1.06. The molecule has 0 atom stereocenters. The Morgan fingerprint density at radius 3 is 2.86 bits per heavy atom. The van der Waals surface area contributed by atoms with Crippen LogP contribution in [0.5, 0.6) is 0 Å². The van der Waals surface area contributed by atoms with E-state index in [0.29, 0.717) is 17.7 Å². The van der Waals surface area contributed by atoms with Gasteiger partial charge in [-0.15, -0.1) is 0 Å². The molecule has 7 nitrogen and oxygen atoms in total. The maximum Gasteiger partial charge on any atom is 0.356 e. The van der Waals surface area contributed by atoms with Gasteiger partial charge in [0.05, 0.1) is 10.6 Å². The van der Waals surface area contributed by atoms with E-state index in [9.17, 15) is 20.0 Å². The van der Waals surface area contributed by atoms with Crippen LogP contribution in [-0.2, 0) is 12.8 Å². The van der Waals surface area contributed by atoms with Gasteiger partial charge in [0.15, 0.2) is 5.69 Å². The molecule has 21 heavy (non-hydrogen) atoms. The van der Waals surface area contributed by atoms with Crippen molar-refractivity contribution in [1.29, 1.82) is 0 Å². The van der Waals surface area contributed by atoms with E-state index in [1.807, 2.05) is 0 Å². The number of aromatic carboxylic acids is 1. The molecule has 108 valence electrons. The Labute approximate surface area is 120 Å². The quantitative estimate of drug-likeness (QED) is 0.689. The third-order valence-corrected chi connectivity index (χ3v) is 3.77. The van der Waals surface area contributed by atoms with Crippen molar-refractivity contribution in [2.45, 2.75) is 26.2 Å². The summed E-state index contributed by atoms with van der Waals surface area (Å²) in [6, 6.07) is 4.81. The lowest BCUT2D eigenvalue weighted by Crippen LogP contribution is -2.05. The average Bonchev–Trinajstić information content (AvgIpc) is 3.00. The van der Waals surface area contributed by atoms with Crippen molar-refractivity contribution >= 4 is 11.7 Å². The van der Waals surface area contributed by atoms with Crippen molar-refractivity contribution in [2.75, 3.05) is 0 Å². The van der Waals surface area contributed by atoms with Crippen LogP contribution in [0.3, 0.4) is 0 Å². The molecule has 1 heterocycles. The summed E-state index contributed by atoms with van der Waals surface area (Å²) in [6.45, 7) is 1.66. The number of hydrogen-bond donors (Lipinski definition) is 1. The second-order valence-electron chi connectivity index (χ2n) is 5.07. The molecule has 0 unspecified atom stereocenters. The highest BCUT2D eigenvalue weighted by Crippen LogP contribution is 2.29. The average molecular weight is 287 g/mol. The van der Waals surface area contributed by atoms with Gasteiger partial charge in [0.25, 0.3) is 5.69 Å². The number of hydrogen-bond acceptors (Lipinski definition) is 4. The summed E-state index contributed by atoms with van der Waals surface area (Å²) in [5.41, 5.74) is 2.72. The van der Waals surface area contributed by atoms with E-state index in [1.165, 1.54) is 10.7 Å². The minimum atomic E-state index is -1.06. The van der Waals surface area contributed by atoms with Crippen LogP contribution in [0, 0.1) is 17.0 Å². The standard InChI is InChI=1S/C14H13N3O4/c1-8-5-6-9(7-12(8)17(20)21)16-11-4-2-3-10(11)13(15-16)14(18)19/h5-7H,2-4H2,1H3,(H,18,19). The molecule has 0 aliphatic heterocycles. The molecule has 1 aliphatic rings. The highest BCUT2D eigenvalue weighted by Gasteiger charge is 2.27. The van der Waals surface area contributed by atoms with Crippen LogP contribution in [0.1, 0.15) is 33.7 Å². The second kappa shape index (κ2) is 4.69. The number of fused-ring (bicyclic) bond motifs is 1. The van der Waals surface area contributed by atoms with Gasteiger partial charge in [-0.1, -0.05) is 6.07 Å². The van der Waals surface area contributed by atoms with E-state index in [2.05, 4.69) is 5.10 Å². The van der Waals surface area contributed by atoms with Gasteiger partial charge in [0.1, 0.15) is 0 Å². The summed E-state index contributed by atoms with van der Waals surface area (Å²) in [7, 11) is 0. The summed E-state index contributed by atoms with van der Waals surface area (Å²) in [5, 5.41) is 24.4. The van der Waals surface area contributed by atoms with Gasteiger partial charge in [0.2, 0.25) is 0 Å². The molecule has 3 rings (SSSR count). The Bertz CT molecular complexity index is 764. The fraction of sp³-hybridized carbons (Fsp3) is 0.286. The molecule has 1 N–H and O–H groups in total. The molecule has 1 aliphatic carbocycles. The van der Waals surface area contributed by atoms with Gasteiger partial charge in [-0.05, 0) is 32.3 Å². The maximum absolute atomic E-state index is 11.3. The first-order valence-corrected chi connectivity index (χ1v) is 6.58. The largest absolute Gasteiger partial charge is 0.476 e. The van der Waals surface area contributed by atoms with Crippen LogP contribution in [0.4, 0.5) is 5.69 Å². The molecule has 0 saturated carbocycles. The molecule has 0 radical (unpaired) electrons. The van der Waals surface area contributed by atoms with Gasteiger partial charge in [0, 0.05) is 22.9 Å². The summed E-state index contributed by atoms with van der Waals surface area (Å²) >= 11 is 0. The molecule has 1 aromatic heterocycles. The minimum Gasteiger partial charge on any atom is -0.476 e. The second-order valence-corrected chi connectivity index (χ2v) is 5.07. The van der Waals surface area contributed by atoms with E-state index in [-0.39, 0.29) is 11.4 Å². The lowest BCUT2D eigenvalue weighted by Gasteiger charge is -2.06. The lowest BCUT2D eigenvalue weighted by atomic mass is 10.1. The Kier molecular flexibility index (Phi) is 2.97. The number of nitro benzene ring substituents is 1. The molecule has 0 bridgehead atoms. The number of carboxylic acids is 1. The van der Waals surface area contributed by atoms with Crippen molar-refractivity contribution in [3.63, 3.8) is 0 Å². The summed E-state index contributed by atoms with van der Waals surface area (Å²) in [6.07, 6.45) is 2.30.